The number of nitrogens with zero attached hydrogens (tertiary/aromatic N) is 4. The average Bonchev–Trinajstić information content (AvgIpc) is 3.33. The maximum absolute atomic E-state index is 13.3. The van der Waals surface area contributed by atoms with Gasteiger partial charge in [-0.2, -0.15) is 0 Å². The molecule has 1 aliphatic rings. The predicted molar refractivity (Wildman–Crippen MR) is 119 cm³/mol. The Hall–Kier alpha value is -2.64. The topological polar surface area (TPSA) is 62.5 Å². The Bertz CT molecular complexity index is 984. The Morgan fingerprint density at radius 1 is 1.07 bits per heavy atom. The molecule has 30 heavy (non-hydrogen) atoms. The largest absolute Gasteiger partial charge is 0.461 e. The van der Waals surface area contributed by atoms with Crippen LogP contribution in [0.1, 0.15) is 21.6 Å². The Kier molecular flexibility index (Phi) is 6.50. The summed E-state index contributed by atoms with van der Waals surface area (Å²) in [6.45, 7) is 6.11. The molecule has 2 aromatic heterocycles. The van der Waals surface area contributed by atoms with Crippen LogP contribution in [-0.2, 0) is 6.42 Å². The Morgan fingerprint density at radius 2 is 1.83 bits per heavy atom. The summed E-state index contributed by atoms with van der Waals surface area (Å²) in [7, 11) is 0. The van der Waals surface area contributed by atoms with Crippen molar-refractivity contribution in [2.45, 2.75) is 18.4 Å². The van der Waals surface area contributed by atoms with E-state index in [9.17, 15) is 4.79 Å². The van der Waals surface area contributed by atoms with Crippen molar-refractivity contribution in [1.29, 1.82) is 0 Å². The number of aromatic nitrogens is 2. The molecule has 6 nitrogen and oxygen atoms in total. The van der Waals surface area contributed by atoms with Gasteiger partial charge in [-0.25, -0.2) is 9.97 Å². The number of furan rings is 1. The van der Waals surface area contributed by atoms with Crippen molar-refractivity contribution in [3.63, 3.8) is 0 Å². The van der Waals surface area contributed by atoms with E-state index in [-0.39, 0.29) is 5.91 Å². The van der Waals surface area contributed by atoms with E-state index in [1.807, 2.05) is 36.3 Å². The third-order valence-electron chi connectivity index (χ3n) is 5.42. The highest BCUT2D eigenvalue weighted by Crippen LogP contribution is 2.26. The molecule has 1 aliphatic heterocycles. The molecule has 0 atom stereocenters. The molecular formula is C23H26N4O2S. The Labute approximate surface area is 181 Å². The number of carbonyl (C=O) groups is 1. The molecule has 3 aromatic rings. The molecule has 4 rings (SSSR count). The van der Waals surface area contributed by atoms with Crippen LogP contribution in [0.15, 0.2) is 58.2 Å². The van der Waals surface area contributed by atoms with E-state index in [1.165, 1.54) is 17.3 Å². The zero-order chi connectivity index (χ0) is 20.9. The van der Waals surface area contributed by atoms with E-state index in [2.05, 4.69) is 39.1 Å². The maximum atomic E-state index is 13.3. The van der Waals surface area contributed by atoms with Gasteiger partial charge in [0.15, 0.2) is 11.6 Å². The van der Waals surface area contributed by atoms with Crippen molar-refractivity contribution in [3.8, 4) is 11.6 Å². The molecule has 156 valence electrons. The smallest absolute Gasteiger partial charge is 0.258 e. The first-order valence-corrected chi connectivity index (χ1v) is 11.4. The van der Waals surface area contributed by atoms with Gasteiger partial charge in [0.1, 0.15) is 5.03 Å². The van der Waals surface area contributed by atoms with E-state index in [0.717, 1.165) is 39.1 Å². The van der Waals surface area contributed by atoms with Gasteiger partial charge in [0.25, 0.3) is 5.91 Å². The Balaban J connectivity index is 1.41. The molecule has 1 amide bonds. The number of rotatable bonds is 6. The maximum Gasteiger partial charge on any atom is 0.258 e. The van der Waals surface area contributed by atoms with Gasteiger partial charge < -0.3 is 9.32 Å². The highest BCUT2D eigenvalue weighted by Gasteiger charge is 2.27. The molecule has 0 unspecified atom stereocenters. The van der Waals surface area contributed by atoms with Crippen LogP contribution in [-0.4, -0.2) is 64.7 Å². The molecule has 0 N–H and O–H groups in total. The highest BCUT2D eigenvalue weighted by molar-refractivity contribution is 7.98. The second-order valence-electron chi connectivity index (χ2n) is 7.36. The van der Waals surface area contributed by atoms with Crippen molar-refractivity contribution in [2.24, 2.45) is 0 Å². The normalized spacial score (nSPS) is 14.8. The van der Waals surface area contributed by atoms with Crippen LogP contribution in [0.5, 0.6) is 0 Å². The number of piperazine rings is 1. The fraction of sp³-hybridized carbons (Fsp3) is 0.348. The molecule has 7 heteroatoms. The standard InChI is InChI=1S/C23H26N4O2S/c1-17-20(22(30-2)25-21(24-17)19-9-6-16-29-19)23(28)27-14-12-26(13-15-27)11-10-18-7-4-3-5-8-18/h3-9,16H,10-15H2,1-2H3. The van der Waals surface area contributed by atoms with Crippen LogP contribution in [0.4, 0.5) is 0 Å². The lowest BCUT2D eigenvalue weighted by molar-refractivity contribution is 0.0633. The highest BCUT2D eigenvalue weighted by atomic mass is 32.2. The summed E-state index contributed by atoms with van der Waals surface area (Å²) in [5, 5.41) is 0.699. The first kappa shape index (κ1) is 20.6. The fourth-order valence-electron chi connectivity index (χ4n) is 3.72. The van der Waals surface area contributed by atoms with Gasteiger partial charge in [-0.1, -0.05) is 30.3 Å². The third kappa shape index (κ3) is 4.57. The lowest BCUT2D eigenvalue weighted by Crippen LogP contribution is -2.49. The van der Waals surface area contributed by atoms with Crippen molar-refractivity contribution < 1.29 is 9.21 Å². The average molecular weight is 423 g/mol. The van der Waals surface area contributed by atoms with E-state index >= 15 is 0 Å². The summed E-state index contributed by atoms with van der Waals surface area (Å²) in [4.78, 5) is 26.8. The number of benzene rings is 1. The van der Waals surface area contributed by atoms with Gasteiger partial charge in [0.2, 0.25) is 0 Å². The SMILES string of the molecule is CSc1nc(-c2ccco2)nc(C)c1C(=O)N1CCN(CCc2ccccc2)CC1. The second-order valence-corrected chi connectivity index (χ2v) is 8.16. The van der Waals surface area contributed by atoms with Gasteiger partial charge in [-0.05, 0) is 37.3 Å². The fourth-order valence-corrected chi connectivity index (χ4v) is 4.34. The van der Waals surface area contributed by atoms with Crippen LogP contribution in [0.2, 0.25) is 0 Å². The van der Waals surface area contributed by atoms with E-state index in [4.69, 9.17) is 4.42 Å². The molecule has 0 radical (unpaired) electrons. The van der Waals surface area contributed by atoms with E-state index in [1.54, 1.807) is 6.26 Å². The van der Waals surface area contributed by atoms with Crippen LogP contribution in [0, 0.1) is 6.92 Å². The number of hydrogen-bond acceptors (Lipinski definition) is 6. The zero-order valence-electron chi connectivity index (χ0n) is 17.4. The summed E-state index contributed by atoms with van der Waals surface area (Å²) in [5.74, 6) is 1.15. The van der Waals surface area contributed by atoms with Crippen molar-refractivity contribution >= 4 is 17.7 Å². The Morgan fingerprint density at radius 3 is 2.50 bits per heavy atom. The van der Waals surface area contributed by atoms with E-state index < -0.39 is 0 Å². The molecular weight excluding hydrogens is 396 g/mol. The van der Waals surface area contributed by atoms with Gasteiger partial charge in [-0.15, -0.1) is 11.8 Å². The minimum atomic E-state index is 0.0190. The first-order valence-electron chi connectivity index (χ1n) is 10.2. The molecule has 3 heterocycles. The summed E-state index contributed by atoms with van der Waals surface area (Å²) in [6, 6.07) is 14.2. The zero-order valence-corrected chi connectivity index (χ0v) is 18.2. The van der Waals surface area contributed by atoms with Gasteiger partial charge >= 0.3 is 0 Å². The molecule has 0 spiro atoms. The van der Waals surface area contributed by atoms with Crippen LogP contribution in [0.3, 0.4) is 0 Å². The van der Waals surface area contributed by atoms with E-state index in [0.29, 0.717) is 27.9 Å². The summed E-state index contributed by atoms with van der Waals surface area (Å²) >= 11 is 1.47. The van der Waals surface area contributed by atoms with Gasteiger partial charge in [0, 0.05) is 32.7 Å². The summed E-state index contributed by atoms with van der Waals surface area (Å²) < 4.78 is 5.42. The molecule has 1 aromatic carbocycles. The van der Waals surface area contributed by atoms with Crippen molar-refractivity contribution in [1.82, 2.24) is 19.8 Å². The third-order valence-corrected chi connectivity index (χ3v) is 6.11. The van der Waals surface area contributed by atoms with Crippen LogP contribution in [0.25, 0.3) is 11.6 Å². The number of aryl methyl sites for hydroxylation is 1. The molecule has 1 fully saturated rings. The molecule has 1 saturated heterocycles. The van der Waals surface area contributed by atoms with Crippen molar-refractivity contribution in [3.05, 3.63) is 65.5 Å². The van der Waals surface area contributed by atoms with Gasteiger partial charge in [-0.3, -0.25) is 9.69 Å². The lowest BCUT2D eigenvalue weighted by atomic mass is 10.1. The monoisotopic (exact) mass is 422 g/mol. The second kappa shape index (κ2) is 9.45. The number of amides is 1. The summed E-state index contributed by atoms with van der Waals surface area (Å²) in [6.07, 6.45) is 4.57. The lowest BCUT2D eigenvalue weighted by Gasteiger charge is -2.35. The number of hydrogen-bond donors (Lipinski definition) is 0. The van der Waals surface area contributed by atoms with Crippen molar-refractivity contribution in [2.75, 3.05) is 39.0 Å². The molecule has 0 aliphatic carbocycles. The first-order chi connectivity index (χ1) is 14.7. The minimum absolute atomic E-state index is 0.0190. The van der Waals surface area contributed by atoms with Crippen LogP contribution >= 0.6 is 11.8 Å². The minimum Gasteiger partial charge on any atom is -0.461 e. The number of carbonyl (C=O) groups excluding carboxylic acids is 1. The quantitative estimate of drug-likeness (QED) is 0.445. The number of thioether (sulfide) groups is 1. The van der Waals surface area contributed by atoms with Gasteiger partial charge in [0.05, 0.1) is 17.5 Å². The molecule has 0 bridgehead atoms. The van der Waals surface area contributed by atoms with Crippen LogP contribution < -0.4 is 0 Å². The predicted octanol–water partition coefficient (Wildman–Crippen LogP) is 3.77. The molecule has 0 saturated carbocycles. The summed E-state index contributed by atoms with van der Waals surface area (Å²) in [5.41, 5.74) is 2.65.